The van der Waals surface area contributed by atoms with E-state index in [1.54, 1.807) is 13.8 Å². The van der Waals surface area contributed by atoms with Crippen LogP contribution in [0, 0.1) is 0 Å². The third-order valence-corrected chi connectivity index (χ3v) is 1.75. The monoisotopic (exact) mass is 220 g/mol. The van der Waals surface area contributed by atoms with E-state index >= 15 is 0 Å². The van der Waals surface area contributed by atoms with E-state index in [-0.39, 0.29) is 12.7 Å². The van der Waals surface area contributed by atoms with Crippen LogP contribution in [0.5, 0.6) is 0 Å². The molecule has 0 rings (SSSR count). The molecule has 0 radical (unpaired) electrons. The molecule has 0 saturated carbocycles. The molecule has 0 bridgehead atoms. The maximum Gasteiger partial charge on any atom is 0.508 e. The Labute approximate surface area is 90.0 Å². The van der Waals surface area contributed by atoms with Gasteiger partial charge in [-0.15, -0.1) is 0 Å². The van der Waals surface area contributed by atoms with Gasteiger partial charge in [-0.1, -0.05) is 0 Å². The third kappa shape index (κ3) is 8.20. The second-order valence-corrected chi connectivity index (χ2v) is 3.72. The van der Waals surface area contributed by atoms with Crippen molar-refractivity contribution < 1.29 is 24.5 Å². The average molecular weight is 220 g/mol. The van der Waals surface area contributed by atoms with Gasteiger partial charge in [0.15, 0.2) is 0 Å². The third-order valence-electron chi connectivity index (χ3n) is 1.75. The first-order chi connectivity index (χ1) is 6.93. The molecule has 90 valence electrons. The Bertz CT molecular complexity index is 179. The van der Waals surface area contributed by atoms with Crippen molar-refractivity contribution in [3.63, 3.8) is 0 Å². The first-order valence-corrected chi connectivity index (χ1v) is 5.13. The van der Waals surface area contributed by atoms with Gasteiger partial charge in [0.1, 0.15) is 0 Å². The minimum absolute atomic E-state index is 0.190. The van der Waals surface area contributed by atoms with Crippen molar-refractivity contribution in [1.29, 1.82) is 0 Å². The number of aliphatic hydroxyl groups excluding tert-OH is 2. The van der Waals surface area contributed by atoms with Gasteiger partial charge in [0.2, 0.25) is 0 Å². The molecule has 2 N–H and O–H groups in total. The van der Waals surface area contributed by atoms with E-state index in [9.17, 15) is 9.90 Å². The highest BCUT2D eigenvalue weighted by molar-refractivity contribution is 5.59. The average Bonchev–Trinajstić information content (AvgIpc) is 2.10. The number of carbonyl (C=O) groups is 1. The second kappa shape index (κ2) is 7.48. The quantitative estimate of drug-likeness (QED) is 0.517. The van der Waals surface area contributed by atoms with Crippen LogP contribution in [0.4, 0.5) is 4.79 Å². The van der Waals surface area contributed by atoms with Gasteiger partial charge in [0.05, 0.1) is 24.9 Å². The van der Waals surface area contributed by atoms with Crippen molar-refractivity contribution >= 4 is 6.16 Å². The van der Waals surface area contributed by atoms with Gasteiger partial charge in [-0.2, -0.15) is 0 Å². The lowest BCUT2D eigenvalue weighted by Gasteiger charge is -2.13. The summed E-state index contributed by atoms with van der Waals surface area (Å²) in [5.74, 6) is 0. The topological polar surface area (TPSA) is 76.0 Å². The lowest BCUT2D eigenvalue weighted by molar-refractivity contribution is 0.0121. The van der Waals surface area contributed by atoms with E-state index in [2.05, 4.69) is 0 Å². The number of ether oxygens (including phenoxy) is 2. The van der Waals surface area contributed by atoms with Crippen LogP contribution >= 0.6 is 0 Å². The van der Waals surface area contributed by atoms with Crippen molar-refractivity contribution in [2.75, 3.05) is 6.61 Å². The maximum atomic E-state index is 10.9. The zero-order chi connectivity index (χ0) is 11.8. The van der Waals surface area contributed by atoms with Crippen molar-refractivity contribution in [2.45, 2.75) is 51.9 Å². The fourth-order valence-corrected chi connectivity index (χ4v) is 0.916. The minimum Gasteiger partial charge on any atom is -0.434 e. The molecule has 0 heterocycles. The summed E-state index contributed by atoms with van der Waals surface area (Å²) in [6.45, 7) is 5.17. The van der Waals surface area contributed by atoms with E-state index in [0.29, 0.717) is 12.8 Å². The molecule has 0 aliphatic rings. The normalized spacial score (nSPS) is 14.8. The molecule has 0 aromatic heterocycles. The molecule has 5 nitrogen and oxygen atoms in total. The van der Waals surface area contributed by atoms with Gasteiger partial charge in [-0.25, -0.2) is 4.79 Å². The molecule has 15 heavy (non-hydrogen) atoms. The van der Waals surface area contributed by atoms with E-state index in [1.807, 2.05) is 0 Å². The summed E-state index contributed by atoms with van der Waals surface area (Å²) in [4.78, 5) is 10.9. The van der Waals surface area contributed by atoms with Gasteiger partial charge in [0, 0.05) is 0 Å². The molecule has 0 aliphatic heterocycles. The summed E-state index contributed by atoms with van der Waals surface area (Å²) >= 11 is 0. The van der Waals surface area contributed by atoms with Crippen LogP contribution in [0.25, 0.3) is 0 Å². The zero-order valence-corrected chi connectivity index (χ0v) is 9.47. The fourth-order valence-electron chi connectivity index (χ4n) is 0.916. The summed E-state index contributed by atoms with van der Waals surface area (Å²) in [6.07, 6.45) is -1.52. The predicted octanol–water partition coefficient (Wildman–Crippen LogP) is 1.07. The van der Waals surface area contributed by atoms with Crippen molar-refractivity contribution in [1.82, 2.24) is 0 Å². The minimum atomic E-state index is -0.769. The van der Waals surface area contributed by atoms with Crippen molar-refractivity contribution in [3.05, 3.63) is 0 Å². The van der Waals surface area contributed by atoms with Crippen LogP contribution in [0.2, 0.25) is 0 Å². The highest BCUT2D eigenvalue weighted by atomic mass is 16.7. The molecule has 0 saturated heterocycles. The molecule has 0 fully saturated rings. The molecule has 2 atom stereocenters. The van der Waals surface area contributed by atoms with E-state index in [0.717, 1.165) is 0 Å². The van der Waals surface area contributed by atoms with Crippen molar-refractivity contribution in [3.8, 4) is 0 Å². The Morgan fingerprint density at radius 2 is 1.87 bits per heavy atom. The van der Waals surface area contributed by atoms with Crippen LogP contribution in [0.1, 0.15) is 33.6 Å². The van der Waals surface area contributed by atoms with Crippen molar-refractivity contribution in [2.24, 2.45) is 0 Å². The largest absolute Gasteiger partial charge is 0.508 e. The van der Waals surface area contributed by atoms with Gasteiger partial charge in [-0.05, 0) is 33.6 Å². The Kier molecular flexibility index (Phi) is 7.07. The number of rotatable bonds is 6. The van der Waals surface area contributed by atoms with Crippen LogP contribution < -0.4 is 0 Å². The Morgan fingerprint density at radius 1 is 1.27 bits per heavy atom. The van der Waals surface area contributed by atoms with Gasteiger partial charge < -0.3 is 19.7 Å². The van der Waals surface area contributed by atoms with Crippen LogP contribution in [-0.4, -0.2) is 41.3 Å². The smallest absolute Gasteiger partial charge is 0.434 e. The van der Waals surface area contributed by atoms with E-state index in [4.69, 9.17) is 14.6 Å². The number of hydrogen-bond donors (Lipinski definition) is 2. The molecule has 0 aromatic carbocycles. The Balaban J connectivity index is 3.42. The summed E-state index contributed by atoms with van der Waals surface area (Å²) in [7, 11) is 0. The van der Waals surface area contributed by atoms with Gasteiger partial charge >= 0.3 is 6.16 Å². The van der Waals surface area contributed by atoms with Crippen LogP contribution in [0.3, 0.4) is 0 Å². The molecule has 0 aromatic rings. The lowest BCUT2D eigenvalue weighted by atomic mass is 10.1. The SMILES string of the molecule is CC(C)OC(=O)OCCC[C@H](O)[C@H](C)O. The first-order valence-electron chi connectivity index (χ1n) is 5.13. The molecular weight excluding hydrogens is 200 g/mol. The zero-order valence-electron chi connectivity index (χ0n) is 9.47. The van der Waals surface area contributed by atoms with Crippen LogP contribution in [0.15, 0.2) is 0 Å². The lowest BCUT2D eigenvalue weighted by Crippen LogP contribution is -2.23. The highest BCUT2D eigenvalue weighted by Crippen LogP contribution is 2.03. The first kappa shape index (κ1) is 14.2. The number of hydrogen-bond acceptors (Lipinski definition) is 5. The summed E-state index contributed by atoms with van der Waals surface area (Å²) in [5, 5.41) is 18.2. The maximum absolute atomic E-state index is 10.9. The molecule has 0 amide bonds. The summed E-state index contributed by atoms with van der Waals surface area (Å²) in [5.41, 5.74) is 0. The van der Waals surface area contributed by atoms with E-state index in [1.165, 1.54) is 6.92 Å². The molecule has 0 unspecified atom stereocenters. The Morgan fingerprint density at radius 3 is 2.33 bits per heavy atom. The molecular formula is C10H20O5. The second-order valence-electron chi connectivity index (χ2n) is 3.72. The van der Waals surface area contributed by atoms with Gasteiger partial charge in [-0.3, -0.25) is 0 Å². The summed E-state index contributed by atoms with van der Waals surface area (Å²) in [6, 6.07) is 0. The predicted molar refractivity (Wildman–Crippen MR) is 54.5 cm³/mol. The number of carbonyl (C=O) groups excluding carboxylic acids is 1. The standard InChI is InChI=1S/C10H20O5/c1-7(2)15-10(13)14-6-4-5-9(12)8(3)11/h7-9,11-12H,4-6H2,1-3H3/t8-,9-/m0/s1. The molecule has 5 heteroatoms. The molecule has 0 spiro atoms. The Hall–Kier alpha value is -0.810. The number of aliphatic hydroxyl groups is 2. The van der Waals surface area contributed by atoms with E-state index < -0.39 is 18.4 Å². The van der Waals surface area contributed by atoms with Gasteiger partial charge in [0.25, 0.3) is 0 Å². The summed E-state index contributed by atoms with van der Waals surface area (Å²) < 4.78 is 9.46. The fraction of sp³-hybridized carbons (Fsp3) is 0.900. The highest BCUT2D eigenvalue weighted by Gasteiger charge is 2.11. The van der Waals surface area contributed by atoms with Crippen LogP contribution in [-0.2, 0) is 9.47 Å². The molecule has 0 aliphatic carbocycles.